The van der Waals surface area contributed by atoms with Crippen molar-refractivity contribution in [3.63, 3.8) is 0 Å². The van der Waals surface area contributed by atoms with Crippen molar-refractivity contribution in [2.75, 3.05) is 56.3 Å². The van der Waals surface area contributed by atoms with E-state index in [4.69, 9.17) is 14.2 Å². The van der Waals surface area contributed by atoms with Crippen LogP contribution in [0.1, 0.15) is 0 Å². The van der Waals surface area contributed by atoms with E-state index in [0.29, 0.717) is 43.5 Å². The molecular weight excluding hydrogens is 350 g/mol. The highest BCUT2D eigenvalue weighted by Crippen LogP contribution is 2.41. The van der Waals surface area contributed by atoms with E-state index in [0.717, 1.165) is 24.5 Å². The van der Waals surface area contributed by atoms with Gasteiger partial charge in [-0.15, -0.1) is 0 Å². The molecule has 2 aromatic rings. The Balaban J connectivity index is 1.52. The molecule has 2 aliphatic heterocycles. The summed E-state index contributed by atoms with van der Waals surface area (Å²) in [5.41, 5.74) is 1.75. The van der Waals surface area contributed by atoms with Crippen molar-refractivity contribution < 1.29 is 19.1 Å². The third-order valence-corrected chi connectivity index (χ3v) is 4.89. The molecule has 8 heteroatoms. The maximum Gasteiger partial charge on any atom is 0.296 e. The zero-order chi connectivity index (χ0) is 18.8. The largest absolute Gasteiger partial charge is 0.497 e. The number of hydrogen-bond donors (Lipinski definition) is 0. The molecule has 2 aliphatic rings. The summed E-state index contributed by atoms with van der Waals surface area (Å²) in [6.45, 7) is 3.79. The van der Waals surface area contributed by atoms with Crippen LogP contribution in [0.3, 0.4) is 0 Å². The molecule has 8 nitrogen and oxygen atoms in total. The number of piperazine rings is 1. The first-order valence-corrected chi connectivity index (χ1v) is 8.87. The fourth-order valence-electron chi connectivity index (χ4n) is 3.47. The van der Waals surface area contributed by atoms with Crippen molar-refractivity contribution >= 4 is 17.1 Å². The van der Waals surface area contributed by atoms with Gasteiger partial charge in [-0.05, 0) is 24.3 Å². The van der Waals surface area contributed by atoms with Gasteiger partial charge in [0.25, 0.3) is 5.69 Å². The predicted molar refractivity (Wildman–Crippen MR) is 102 cm³/mol. The van der Waals surface area contributed by atoms with E-state index >= 15 is 0 Å². The van der Waals surface area contributed by atoms with Crippen LogP contribution in [0.2, 0.25) is 0 Å². The number of anilines is 2. The third kappa shape index (κ3) is 3.42. The highest BCUT2D eigenvalue weighted by atomic mass is 16.6. The van der Waals surface area contributed by atoms with Gasteiger partial charge in [-0.2, -0.15) is 0 Å². The second-order valence-electron chi connectivity index (χ2n) is 6.41. The topological polar surface area (TPSA) is 77.3 Å². The lowest BCUT2D eigenvalue weighted by atomic mass is 10.1. The highest BCUT2D eigenvalue weighted by molar-refractivity contribution is 5.70. The van der Waals surface area contributed by atoms with Crippen molar-refractivity contribution in [3.8, 4) is 17.2 Å². The first-order valence-electron chi connectivity index (χ1n) is 8.87. The number of methoxy groups -OCH3 is 1. The van der Waals surface area contributed by atoms with Gasteiger partial charge in [0.1, 0.15) is 24.7 Å². The lowest BCUT2D eigenvalue weighted by Gasteiger charge is -2.37. The Bertz CT molecular complexity index is 832. The van der Waals surface area contributed by atoms with E-state index in [-0.39, 0.29) is 10.6 Å². The molecule has 27 heavy (non-hydrogen) atoms. The molecule has 0 aliphatic carbocycles. The standard InChI is InChI=1S/C19H21N3O5/c1-25-15-4-2-14(3-5-15)20-6-8-21(9-7-20)16-12-18-19(27-11-10-26-18)13-17(16)22(23)24/h2-5,12-13H,6-11H2,1H3. The van der Waals surface area contributed by atoms with Gasteiger partial charge in [-0.3, -0.25) is 10.1 Å². The Morgan fingerprint density at radius 2 is 1.56 bits per heavy atom. The van der Waals surface area contributed by atoms with Crippen molar-refractivity contribution in [2.45, 2.75) is 0 Å². The molecule has 4 rings (SSSR count). The van der Waals surface area contributed by atoms with Crippen molar-refractivity contribution in [1.29, 1.82) is 0 Å². The molecule has 0 unspecified atom stereocenters. The first kappa shape index (κ1) is 17.3. The number of rotatable bonds is 4. The number of benzene rings is 2. The van der Waals surface area contributed by atoms with Crippen LogP contribution in [0.5, 0.6) is 17.2 Å². The molecule has 0 N–H and O–H groups in total. The molecule has 0 radical (unpaired) electrons. The summed E-state index contributed by atoms with van der Waals surface area (Å²) in [6, 6.07) is 11.1. The molecule has 0 spiro atoms. The maximum absolute atomic E-state index is 11.6. The molecule has 0 atom stereocenters. The van der Waals surface area contributed by atoms with E-state index in [9.17, 15) is 10.1 Å². The van der Waals surface area contributed by atoms with Crippen LogP contribution in [0.25, 0.3) is 0 Å². The van der Waals surface area contributed by atoms with Gasteiger partial charge in [0, 0.05) is 37.9 Å². The van der Waals surface area contributed by atoms with Gasteiger partial charge in [0.05, 0.1) is 18.1 Å². The van der Waals surface area contributed by atoms with Crippen LogP contribution in [0.4, 0.5) is 17.1 Å². The normalized spacial score (nSPS) is 16.2. The molecule has 1 fully saturated rings. The molecule has 0 saturated carbocycles. The lowest BCUT2D eigenvalue weighted by molar-refractivity contribution is -0.384. The van der Waals surface area contributed by atoms with Gasteiger partial charge in [-0.25, -0.2) is 0 Å². The van der Waals surface area contributed by atoms with E-state index in [1.54, 1.807) is 13.2 Å². The van der Waals surface area contributed by atoms with Crippen LogP contribution >= 0.6 is 0 Å². The Morgan fingerprint density at radius 1 is 0.963 bits per heavy atom. The number of hydrogen-bond acceptors (Lipinski definition) is 7. The molecule has 0 amide bonds. The molecular formula is C19H21N3O5. The maximum atomic E-state index is 11.6. The number of nitro benzene ring substituents is 1. The SMILES string of the molecule is COc1ccc(N2CCN(c3cc4c(cc3[N+](=O)[O-])OCCO4)CC2)cc1. The highest BCUT2D eigenvalue weighted by Gasteiger charge is 2.28. The quantitative estimate of drug-likeness (QED) is 0.604. The van der Waals surface area contributed by atoms with Gasteiger partial charge >= 0.3 is 0 Å². The number of ether oxygens (including phenoxy) is 3. The zero-order valence-electron chi connectivity index (χ0n) is 15.1. The predicted octanol–water partition coefficient (Wildman–Crippen LogP) is 2.70. The monoisotopic (exact) mass is 371 g/mol. The summed E-state index contributed by atoms with van der Waals surface area (Å²) in [5.74, 6) is 1.83. The van der Waals surface area contributed by atoms with E-state index in [1.807, 2.05) is 29.2 Å². The second-order valence-corrected chi connectivity index (χ2v) is 6.41. The van der Waals surface area contributed by atoms with Gasteiger partial charge in [-0.1, -0.05) is 0 Å². The van der Waals surface area contributed by atoms with Crippen LogP contribution in [-0.4, -0.2) is 51.4 Å². The molecule has 0 aromatic heterocycles. The molecule has 0 bridgehead atoms. The summed E-state index contributed by atoms with van der Waals surface area (Å²) in [7, 11) is 1.65. The summed E-state index contributed by atoms with van der Waals surface area (Å²) in [5, 5.41) is 11.6. The third-order valence-electron chi connectivity index (χ3n) is 4.89. The van der Waals surface area contributed by atoms with E-state index in [2.05, 4.69) is 4.90 Å². The van der Waals surface area contributed by atoms with Crippen LogP contribution in [0, 0.1) is 10.1 Å². The summed E-state index contributed by atoms with van der Waals surface area (Å²) < 4.78 is 16.3. The number of fused-ring (bicyclic) bond motifs is 1. The van der Waals surface area contributed by atoms with Gasteiger partial charge < -0.3 is 24.0 Å². The van der Waals surface area contributed by atoms with Crippen LogP contribution in [0.15, 0.2) is 36.4 Å². The molecule has 2 aromatic carbocycles. The Labute approximate surface area is 157 Å². The Morgan fingerprint density at radius 3 is 2.15 bits per heavy atom. The molecule has 2 heterocycles. The first-order chi connectivity index (χ1) is 13.2. The average molecular weight is 371 g/mol. The lowest BCUT2D eigenvalue weighted by Crippen LogP contribution is -2.46. The second kappa shape index (κ2) is 7.22. The molecule has 142 valence electrons. The summed E-state index contributed by atoms with van der Waals surface area (Å²) >= 11 is 0. The minimum absolute atomic E-state index is 0.0529. The Hall–Kier alpha value is -3.16. The van der Waals surface area contributed by atoms with E-state index < -0.39 is 0 Å². The number of nitrogens with zero attached hydrogens (tertiary/aromatic N) is 3. The minimum Gasteiger partial charge on any atom is -0.497 e. The fourth-order valence-corrected chi connectivity index (χ4v) is 3.47. The molecule has 1 saturated heterocycles. The minimum atomic E-state index is -0.358. The van der Waals surface area contributed by atoms with Crippen LogP contribution in [-0.2, 0) is 0 Å². The summed E-state index contributed by atoms with van der Waals surface area (Å²) in [6.07, 6.45) is 0. The van der Waals surface area contributed by atoms with Gasteiger partial charge in [0.15, 0.2) is 11.5 Å². The van der Waals surface area contributed by atoms with Gasteiger partial charge in [0.2, 0.25) is 0 Å². The van der Waals surface area contributed by atoms with Crippen molar-refractivity contribution in [3.05, 3.63) is 46.5 Å². The Kier molecular flexibility index (Phi) is 4.62. The number of nitro groups is 1. The van der Waals surface area contributed by atoms with Crippen LogP contribution < -0.4 is 24.0 Å². The van der Waals surface area contributed by atoms with E-state index in [1.165, 1.54) is 6.07 Å². The van der Waals surface area contributed by atoms with Crippen molar-refractivity contribution in [2.24, 2.45) is 0 Å². The summed E-state index contributed by atoms with van der Waals surface area (Å²) in [4.78, 5) is 15.5. The smallest absolute Gasteiger partial charge is 0.296 e. The fraction of sp³-hybridized carbons (Fsp3) is 0.368. The average Bonchev–Trinajstić information content (AvgIpc) is 2.73. The van der Waals surface area contributed by atoms with Crippen molar-refractivity contribution in [1.82, 2.24) is 0 Å². The zero-order valence-corrected chi connectivity index (χ0v) is 15.1.